The third-order valence-corrected chi connectivity index (χ3v) is 59.0. The molecule has 0 radical (unpaired) electrons. The van der Waals surface area contributed by atoms with Gasteiger partial charge in [-0.05, 0) is 0 Å². The van der Waals surface area contributed by atoms with Gasteiger partial charge in [0.2, 0.25) is 0 Å². The van der Waals surface area contributed by atoms with E-state index in [0.29, 0.717) is 11.6 Å². The van der Waals surface area contributed by atoms with Crippen molar-refractivity contribution in [2.24, 2.45) is 0 Å². The van der Waals surface area contributed by atoms with Crippen molar-refractivity contribution in [1.82, 2.24) is 5.32 Å². The first-order valence-electron chi connectivity index (χ1n) is 7.97. The van der Waals surface area contributed by atoms with Crippen molar-refractivity contribution in [2.45, 2.75) is 67.5 Å². The summed E-state index contributed by atoms with van der Waals surface area (Å²) < 4.78 is 0.796. The molecule has 2 nitrogen and oxygen atoms in total. The van der Waals surface area contributed by atoms with Crippen LogP contribution in [0.3, 0.4) is 0 Å². The average Bonchev–Trinajstić information content (AvgIpc) is 3.30. The quantitative estimate of drug-likeness (QED) is 0.622. The summed E-state index contributed by atoms with van der Waals surface area (Å²) >= 11 is 0. The summed E-state index contributed by atoms with van der Waals surface area (Å²) in [6.45, 7) is 5.06. The van der Waals surface area contributed by atoms with Crippen LogP contribution in [0.15, 0.2) is 12.2 Å². The maximum atomic E-state index is 12.1. The van der Waals surface area contributed by atoms with Gasteiger partial charge in [0.1, 0.15) is 0 Å². The topological polar surface area (TPSA) is 29.1 Å². The first kappa shape index (κ1) is 7.66. The van der Waals surface area contributed by atoms with Crippen molar-refractivity contribution in [3.05, 3.63) is 12.2 Å². The zero-order valence-electron chi connectivity index (χ0n) is 11.2. The van der Waals surface area contributed by atoms with Crippen molar-refractivity contribution >= 4 is 5.91 Å². The molecule has 10 aliphatic rings. The molecule has 19 heavy (non-hydrogen) atoms. The molecule has 102 valence electrons. The molecule has 10 fully saturated rings. The van der Waals surface area contributed by atoms with Crippen LogP contribution in [0.25, 0.3) is 0 Å². The molecule has 0 bridgehead atoms. The Labute approximate surface area is 102 Å². The number of fused-ring (bicyclic) bond motifs is 10. The molecule has 0 aromatic heterocycles. The van der Waals surface area contributed by atoms with Crippen molar-refractivity contribution in [3.8, 4) is 0 Å². The van der Waals surface area contributed by atoms with Crippen LogP contribution in [0.1, 0.15) is 13.8 Å². The van der Waals surface area contributed by atoms with E-state index in [1.54, 1.807) is 0 Å². The normalized spacial score (nSPS) is 109. The van der Waals surface area contributed by atoms with Gasteiger partial charge in [0.25, 0.3) is 0 Å². The molecule has 0 aliphatic carbocycles. The van der Waals surface area contributed by atoms with E-state index in [9.17, 15) is 4.79 Å². The molecule has 10 saturated heterocycles. The molecule has 10 aliphatic heterocycles. The number of amides is 1. The predicted molar refractivity (Wildman–Crippen MR) is 68.9 cm³/mol. The van der Waals surface area contributed by atoms with Crippen LogP contribution in [0.2, 0.25) is 47.7 Å². The van der Waals surface area contributed by atoms with Crippen LogP contribution in [-0.2, 0) is 11.3 Å². The summed E-state index contributed by atoms with van der Waals surface area (Å²) in [4.78, 5) is 24.1. The second-order valence-corrected chi connectivity index (χ2v) is 35.3. The molecule has 1 spiro atoms. The van der Waals surface area contributed by atoms with E-state index in [1.165, 1.54) is 43.3 Å². The van der Waals surface area contributed by atoms with Gasteiger partial charge in [0, 0.05) is 0 Å². The molecular formula is C16H19FeNO. The Morgan fingerprint density at radius 3 is 1.84 bits per heavy atom. The van der Waals surface area contributed by atoms with Gasteiger partial charge >= 0.3 is 102 Å². The van der Waals surface area contributed by atoms with E-state index >= 15 is 0 Å². The van der Waals surface area contributed by atoms with E-state index in [1.807, 2.05) is 6.92 Å². The van der Waals surface area contributed by atoms with Crippen molar-refractivity contribution in [1.29, 1.82) is 0 Å². The maximum absolute atomic E-state index is 12.1. The van der Waals surface area contributed by atoms with E-state index in [-0.39, 0.29) is 5.91 Å². The van der Waals surface area contributed by atoms with Gasteiger partial charge in [-0.15, -0.1) is 0 Å². The standard InChI is InChI=1S/C11H14NO.C5H5.Fe/c1-8(2)11(13)12-9(3)10-6-4-5-7-10;1-2-4-5-3-1;/h4-7,9H,1H2,2-3H3,(H,12,13);1-5H;. The number of hydrogen-bond donors (Lipinski definition) is 1. The van der Waals surface area contributed by atoms with Gasteiger partial charge in [-0.1, -0.05) is 0 Å². The van der Waals surface area contributed by atoms with E-state index in [0.717, 1.165) is 4.31 Å². The zero-order chi connectivity index (χ0) is 12.5. The molecule has 10 heterocycles. The fourth-order valence-electron chi connectivity index (χ4n) is 18.0. The van der Waals surface area contributed by atoms with Crippen LogP contribution in [0, 0.1) is 0 Å². The summed E-state index contributed by atoms with van der Waals surface area (Å²) in [6, 6.07) is 0.505. The third-order valence-electron chi connectivity index (χ3n) is 16.2. The van der Waals surface area contributed by atoms with Crippen LogP contribution >= 0.6 is 0 Å². The molecule has 1 amide bonds. The number of rotatable bonds is 3. The third kappa shape index (κ3) is 0.0853. The monoisotopic (exact) mass is 297 g/mol. The molecule has 5 unspecified atom stereocenters. The zero-order valence-corrected chi connectivity index (χ0v) is 12.3. The number of nitrogens with one attached hydrogen (secondary N) is 1. The molecule has 5 atom stereocenters. The number of carbonyl (C=O) groups is 1. The number of carbonyl (C=O) groups excluding carboxylic acids is 1. The Hall–Kier alpha value is -0.271. The minimum atomic E-state index is -2.99. The average molecular weight is 297 g/mol. The summed E-state index contributed by atoms with van der Waals surface area (Å²) in [5.74, 6) is 0.128. The van der Waals surface area contributed by atoms with Gasteiger partial charge in [-0.2, -0.15) is 0 Å². The molecule has 0 saturated carbocycles. The summed E-state index contributed by atoms with van der Waals surface area (Å²) in [5, 5.41) is 3.40. The molecule has 0 aromatic rings. The van der Waals surface area contributed by atoms with E-state index < -0.39 is 6.51 Å². The second-order valence-electron chi connectivity index (χ2n) is 11.7. The van der Waals surface area contributed by atoms with E-state index in [4.69, 9.17) is 0 Å². The minimum absolute atomic E-state index is 0.128. The van der Waals surface area contributed by atoms with E-state index in [2.05, 4.69) is 18.8 Å². The summed E-state index contributed by atoms with van der Waals surface area (Å²) in [7, 11) is 0. The first-order chi connectivity index (χ1) is 8.79. The first-order valence-corrected chi connectivity index (χ1v) is 14.3. The van der Waals surface area contributed by atoms with Crippen molar-refractivity contribution in [3.63, 3.8) is 0 Å². The summed E-state index contributed by atoms with van der Waals surface area (Å²) in [5.41, 5.74) is 0.693. The van der Waals surface area contributed by atoms with Crippen LogP contribution in [0.5, 0.6) is 0 Å². The van der Waals surface area contributed by atoms with Crippen LogP contribution in [-0.4, -0.2) is 11.9 Å². The predicted octanol–water partition coefficient (Wildman–Crippen LogP) is 3.83. The molecular weight excluding hydrogens is 278 g/mol. The van der Waals surface area contributed by atoms with Crippen molar-refractivity contribution in [2.75, 3.05) is 0 Å². The molecule has 0 aromatic carbocycles. The Morgan fingerprint density at radius 1 is 1.11 bits per heavy atom. The number of hydrogen-bond acceptors (Lipinski definition) is 1. The van der Waals surface area contributed by atoms with Gasteiger partial charge in [-0.25, -0.2) is 0 Å². The van der Waals surface area contributed by atoms with Gasteiger partial charge in [-0.3, -0.25) is 0 Å². The fraction of sp³-hybridized carbons (Fsp3) is 0.812. The van der Waals surface area contributed by atoms with Gasteiger partial charge in [0.05, 0.1) is 0 Å². The van der Waals surface area contributed by atoms with Crippen LogP contribution < -0.4 is 5.32 Å². The van der Waals surface area contributed by atoms with Crippen molar-refractivity contribution < 1.29 is 11.3 Å². The molecule has 10 rings (SSSR count). The Balaban J connectivity index is 1.34. The summed E-state index contributed by atoms with van der Waals surface area (Å²) in [6.07, 6.45) is 0. The molecule has 1 N–H and O–H groups in total. The molecule has 3 heteroatoms. The van der Waals surface area contributed by atoms with Gasteiger partial charge in [0.15, 0.2) is 0 Å². The second kappa shape index (κ2) is 0.645. The fourth-order valence-corrected chi connectivity index (χ4v) is 93.7. The van der Waals surface area contributed by atoms with Crippen LogP contribution in [0.4, 0.5) is 0 Å². The SMILES string of the molecule is C=C(C)C(=O)NC(C)[C]12[CH]3[CH]4[CH]5[CH]1[Fe]45321678[CH]2[CH]1[CH]6[CH]7[CH]28. The Kier molecular flexibility index (Phi) is 0.260. The Morgan fingerprint density at radius 2 is 1.58 bits per heavy atom. The Bertz CT molecular complexity index is 1010. The van der Waals surface area contributed by atoms with Gasteiger partial charge < -0.3 is 0 Å².